The van der Waals surface area contributed by atoms with Gasteiger partial charge in [-0.2, -0.15) is 0 Å². The summed E-state index contributed by atoms with van der Waals surface area (Å²) in [5.74, 6) is 0.693. The van der Waals surface area contributed by atoms with Crippen molar-refractivity contribution in [1.82, 2.24) is 4.98 Å². The van der Waals surface area contributed by atoms with Crippen molar-refractivity contribution in [1.29, 1.82) is 0 Å². The highest BCUT2D eigenvalue weighted by molar-refractivity contribution is 7.22. The molecule has 0 aliphatic carbocycles. The van der Waals surface area contributed by atoms with Crippen molar-refractivity contribution in [3.8, 4) is 5.75 Å². The summed E-state index contributed by atoms with van der Waals surface area (Å²) in [6, 6.07) is 11.3. The summed E-state index contributed by atoms with van der Waals surface area (Å²) in [5, 5.41) is 3.90. The van der Waals surface area contributed by atoms with E-state index in [1.807, 2.05) is 12.1 Å². The third-order valence-electron chi connectivity index (χ3n) is 3.88. The number of ketones is 1. The number of hydrogen-bond acceptors (Lipinski definition) is 5. The minimum Gasteiger partial charge on any atom is -0.497 e. The van der Waals surface area contributed by atoms with Crippen LogP contribution in [0.15, 0.2) is 36.4 Å². The molecule has 5 heteroatoms. The van der Waals surface area contributed by atoms with Gasteiger partial charge in [0.1, 0.15) is 5.75 Å². The lowest BCUT2D eigenvalue weighted by atomic mass is 10.1. The van der Waals surface area contributed by atoms with Gasteiger partial charge in [-0.15, -0.1) is 0 Å². The smallest absolute Gasteiger partial charge is 0.184 e. The van der Waals surface area contributed by atoms with Crippen LogP contribution in [-0.2, 0) is 0 Å². The molecular formula is C18H18N2O2S. The molecule has 3 rings (SSSR count). The van der Waals surface area contributed by atoms with Crippen molar-refractivity contribution in [3.63, 3.8) is 0 Å². The predicted octanol–water partition coefficient (Wildman–Crippen LogP) is 4.22. The van der Waals surface area contributed by atoms with Crippen LogP contribution >= 0.6 is 11.3 Å². The number of rotatable bonds is 5. The van der Waals surface area contributed by atoms with E-state index < -0.39 is 0 Å². The fraction of sp³-hybridized carbons (Fsp3) is 0.222. The van der Waals surface area contributed by atoms with Gasteiger partial charge in [-0.1, -0.05) is 29.5 Å². The maximum atomic E-state index is 12.3. The third kappa shape index (κ3) is 3.19. The number of carbonyl (C=O) groups is 1. The molecule has 118 valence electrons. The molecule has 0 saturated heterocycles. The summed E-state index contributed by atoms with van der Waals surface area (Å²) in [4.78, 5) is 16.9. The maximum Gasteiger partial charge on any atom is 0.184 e. The Labute approximate surface area is 139 Å². The number of Topliss-reactive ketones (excluding diaryl/α,β-unsaturated/α-hetero) is 1. The lowest BCUT2D eigenvalue weighted by Crippen LogP contribution is -2.13. The Kier molecular flexibility index (Phi) is 4.30. The average Bonchev–Trinajstić information content (AvgIpc) is 3.00. The van der Waals surface area contributed by atoms with Crippen LogP contribution < -0.4 is 10.1 Å². The number of fused-ring (bicyclic) bond motifs is 1. The number of hydrogen-bond donors (Lipinski definition) is 1. The Balaban J connectivity index is 1.75. The van der Waals surface area contributed by atoms with Gasteiger partial charge in [0, 0.05) is 5.56 Å². The summed E-state index contributed by atoms with van der Waals surface area (Å²) < 4.78 is 6.28. The van der Waals surface area contributed by atoms with Crippen LogP contribution in [0.25, 0.3) is 10.2 Å². The van der Waals surface area contributed by atoms with Crippen molar-refractivity contribution in [2.24, 2.45) is 0 Å². The first kappa shape index (κ1) is 15.5. The van der Waals surface area contributed by atoms with Crippen LogP contribution in [0.1, 0.15) is 21.5 Å². The molecule has 23 heavy (non-hydrogen) atoms. The van der Waals surface area contributed by atoms with E-state index in [1.54, 1.807) is 30.6 Å². The van der Waals surface area contributed by atoms with Crippen LogP contribution in [0.3, 0.4) is 0 Å². The zero-order valence-corrected chi connectivity index (χ0v) is 14.2. The van der Waals surface area contributed by atoms with E-state index >= 15 is 0 Å². The number of anilines is 1. The second-order valence-corrected chi connectivity index (χ2v) is 6.41. The summed E-state index contributed by atoms with van der Waals surface area (Å²) in [6.45, 7) is 4.36. The van der Waals surface area contributed by atoms with Gasteiger partial charge in [-0.3, -0.25) is 4.79 Å². The number of nitrogens with zero attached hydrogens (tertiary/aromatic N) is 1. The molecule has 1 N–H and O–H groups in total. The number of carbonyl (C=O) groups excluding carboxylic acids is 1. The van der Waals surface area contributed by atoms with E-state index in [4.69, 9.17) is 4.74 Å². The van der Waals surface area contributed by atoms with E-state index in [-0.39, 0.29) is 12.3 Å². The molecule has 0 bridgehead atoms. The SMILES string of the molecule is COc1cccc(C(=O)CNc2nc3c(C)c(C)ccc3s2)c1. The third-order valence-corrected chi connectivity index (χ3v) is 4.85. The molecule has 0 amide bonds. The Bertz CT molecular complexity index is 871. The molecule has 1 aromatic heterocycles. The van der Waals surface area contributed by atoms with Gasteiger partial charge in [-0.05, 0) is 43.2 Å². The molecule has 3 aromatic rings. The van der Waals surface area contributed by atoms with Gasteiger partial charge < -0.3 is 10.1 Å². The molecule has 0 fully saturated rings. The van der Waals surface area contributed by atoms with Gasteiger partial charge in [0.25, 0.3) is 0 Å². The van der Waals surface area contributed by atoms with Crippen LogP contribution in [0.2, 0.25) is 0 Å². The molecule has 0 unspecified atom stereocenters. The molecular weight excluding hydrogens is 308 g/mol. The Morgan fingerprint density at radius 1 is 1.26 bits per heavy atom. The monoisotopic (exact) mass is 326 g/mol. The summed E-state index contributed by atoms with van der Waals surface area (Å²) in [7, 11) is 1.59. The van der Waals surface area contributed by atoms with Gasteiger partial charge in [0.15, 0.2) is 10.9 Å². The first-order valence-electron chi connectivity index (χ1n) is 7.36. The highest BCUT2D eigenvalue weighted by Crippen LogP contribution is 2.29. The molecule has 0 atom stereocenters. The van der Waals surface area contributed by atoms with E-state index in [2.05, 4.69) is 36.3 Å². The number of ether oxygens (including phenoxy) is 1. The number of aromatic nitrogens is 1. The first-order valence-corrected chi connectivity index (χ1v) is 8.18. The van der Waals surface area contributed by atoms with Crippen molar-refractivity contribution < 1.29 is 9.53 Å². The largest absolute Gasteiger partial charge is 0.497 e. The van der Waals surface area contributed by atoms with E-state index in [0.717, 1.165) is 15.3 Å². The normalized spacial score (nSPS) is 10.7. The number of aryl methyl sites for hydroxylation is 2. The zero-order valence-electron chi connectivity index (χ0n) is 13.3. The molecule has 0 radical (unpaired) electrons. The Hall–Kier alpha value is -2.40. The van der Waals surface area contributed by atoms with Crippen LogP contribution in [-0.4, -0.2) is 24.4 Å². The van der Waals surface area contributed by atoms with Gasteiger partial charge in [0.2, 0.25) is 0 Å². The van der Waals surface area contributed by atoms with Crippen molar-refractivity contribution in [2.75, 3.05) is 19.0 Å². The first-order chi connectivity index (χ1) is 11.1. The second kappa shape index (κ2) is 6.38. The number of nitrogens with one attached hydrogen (secondary N) is 1. The molecule has 0 aliphatic rings. The quantitative estimate of drug-likeness (QED) is 0.713. The average molecular weight is 326 g/mol. The zero-order chi connectivity index (χ0) is 16.4. The maximum absolute atomic E-state index is 12.3. The highest BCUT2D eigenvalue weighted by atomic mass is 32.1. The Morgan fingerprint density at radius 2 is 2.09 bits per heavy atom. The van der Waals surface area contributed by atoms with Crippen LogP contribution in [0.5, 0.6) is 5.75 Å². The predicted molar refractivity (Wildman–Crippen MR) is 94.9 cm³/mol. The molecule has 0 spiro atoms. The number of methoxy groups -OCH3 is 1. The molecule has 0 saturated carbocycles. The lowest BCUT2D eigenvalue weighted by molar-refractivity contribution is 0.101. The minimum atomic E-state index is 0.0102. The fourth-order valence-corrected chi connectivity index (χ4v) is 3.28. The minimum absolute atomic E-state index is 0.0102. The van der Waals surface area contributed by atoms with Crippen LogP contribution in [0, 0.1) is 13.8 Å². The van der Waals surface area contributed by atoms with Gasteiger partial charge >= 0.3 is 0 Å². The lowest BCUT2D eigenvalue weighted by Gasteiger charge is -2.04. The van der Waals surface area contributed by atoms with E-state index in [1.165, 1.54) is 11.1 Å². The molecule has 4 nitrogen and oxygen atoms in total. The Morgan fingerprint density at radius 3 is 2.87 bits per heavy atom. The van der Waals surface area contributed by atoms with Crippen molar-refractivity contribution >= 4 is 32.5 Å². The van der Waals surface area contributed by atoms with E-state index in [0.29, 0.717) is 11.3 Å². The van der Waals surface area contributed by atoms with Gasteiger partial charge in [0.05, 0.1) is 23.9 Å². The molecule has 2 aromatic carbocycles. The van der Waals surface area contributed by atoms with Gasteiger partial charge in [-0.25, -0.2) is 4.98 Å². The topological polar surface area (TPSA) is 51.2 Å². The highest BCUT2D eigenvalue weighted by Gasteiger charge is 2.10. The van der Waals surface area contributed by atoms with Crippen molar-refractivity contribution in [3.05, 3.63) is 53.1 Å². The second-order valence-electron chi connectivity index (χ2n) is 5.38. The number of benzene rings is 2. The molecule has 1 heterocycles. The fourth-order valence-electron chi connectivity index (χ4n) is 2.36. The van der Waals surface area contributed by atoms with Crippen molar-refractivity contribution in [2.45, 2.75) is 13.8 Å². The molecule has 0 aliphatic heterocycles. The summed E-state index contributed by atoms with van der Waals surface area (Å²) in [5.41, 5.74) is 4.05. The summed E-state index contributed by atoms with van der Waals surface area (Å²) in [6.07, 6.45) is 0. The van der Waals surface area contributed by atoms with Crippen LogP contribution in [0.4, 0.5) is 5.13 Å². The summed E-state index contributed by atoms with van der Waals surface area (Å²) >= 11 is 1.57. The van der Waals surface area contributed by atoms with E-state index in [9.17, 15) is 4.79 Å². The standard InChI is InChI=1S/C18H18N2O2S/c1-11-7-8-16-17(12(11)2)20-18(23-16)19-10-15(21)13-5-4-6-14(9-13)22-3/h4-9H,10H2,1-3H3,(H,19,20). The number of thiazole rings is 1.